The van der Waals surface area contributed by atoms with E-state index >= 15 is 0 Å². The van der Waals surface area contributed by atoms with Crippen LogP contribution in [0.2, 0.25) is 0 Å². The number of aromatic carboxylic acids is 1. The lowest BCUT2D eigenvalue weighted by Gasteiger charge is -2.20. The molecule has 0 saturated carbocycles. The third kappa shape index (κ3) is 3.24. The van der Waals surface area contributed by atoms with Gasteiger partial charge >= 0.3 is 5.97 Å². The van der Waals surface area contributed by atoms with E-state index in [9.17, 15) is 9.90 Å². The van der Waals surface area contributed by atoms with Crippen molar-refractivity contribution in [3.8, 4) is 0 Å². The van der Waals surface area contributed by atoms with Crippen LogP contribution in [0.5, 0.6) is 0 Å². The summed E-state index contributed by atoms with van der Waals surface area (Å²) in [7, 11) is 0. The lowest BCUT2D eigenvalue weighted by atomic mass is 10.1. The molecule has 0 bridgehead atoms. The molecule has 0 aliphatic rings. The Kier molecular flexibility index (Phi) is 4.63. The summed E-state index contributed by atoms with van der Waals surface area (Å²) in [6, 6.07) is 8.15. The van der Waals surface area contributed by atoms with Gasteiger partial charge in [0, 0.05) is 12.2 Å². The van der Waals surface area contributed by atoms with Crippen LogP contribution in [0.1, 0.15) is 47.6 Å². The van der Waals surface area contributed by atoms with Gasteiger partial charge in [-0.3, -0.25) is 0 Å². The standard InChI is InChI=1S/C16H20N2O2S/c1-5-18(12-8-6-7-11(4)9-12)16-17-13(10(2)3)14(21-16)15(19)20/h6-10H,5H2,1-4H3,(H,19,20). The topological polar surface area (TPSA) is 53.4 Å². The maximum atomic E-state index is 11.4. The van der Waals surface area contributed by atoms with Crippen molar-refractivity contribution in [3.05, 3.63) is 40.4 Å². The summed E-state index contributed by atoms with van der Waals surface area (Å²) >= 11 is 1.24. The van der Waals surface area contributed by atoms with Crippen molar-refractivity contribution in [2.45, 2.75) is 33.6 Å². The van der Waals surface area contributed by atoms with E-state index in [-0.39, 0.29) is 5.92 Å². The molecule has 5 heteroatoms. The molecule has 0 spiro atoms. The number of thiazole rings is 1. The summed E-state index contributed by atoms with van der Waals surface area (Å²) in [5.41, 5.74) is 2.87. The summed E-state index contributed by atoms with van der Waals surface area (Å²) in [6.45, 7) is 8.76. The Hall–Kier alpha value is -1.88. The van der Waals surface area contributed by atoms with Gasteiger partial charge in [0.2, 0.25) is 0 Å². The number of rotatable bonds is 5. The fourth-order valence-electron chi connectivity index (χ4n) is 2.20. The number of carboxylic acid groups (broad SMARTS) is 1. The number of nitrogens with zero attached hydrogens (tertiary/aromatic N) is 2. The zero-order chi connectivity index (χ0) is 15.6. The fraction of sp³-hybridized carbons (Fsp3) is 0.375. The molecule has 0 saturated heterocycles. The van der Waals surface area contributed by atoms with Gasteiger partial charge in [0.25, 0.3) is 0 Å². The minimum Gasteiger partial charge on any atom is -0.477 e. The van der Waals surface area contributed by atoms with Gasteiger partial charge in [-0.15, -0.1) is 0 Å². The van der Waals surface area contributed by atoms with Gasteiger partial charge in [0.05, 0.1) is 5.69 Å². The largest absolute Gasteiger partial charge is 0.477 e. The molecule has 112 valence electrons. The average Bonchev–Trinajstić information content (AvgIpc) is 2.85. The SMILES string of the molecule is CCN(c1cccc(C)c1)c1nc(C(C)C)c(C(=O)O)s1. The zero-order valence-corrected chi connectivity index (χ0v) is 13.6. The van der Waals surface area contributed by atoms with Crippen molar-refractivity contribution >= 4 is 28.1 Å². The molecule has 0 amide bonds. The average molecular weight is 304 g/mol. The number of aryl methyl sites for hydroxylation is 1. The predicted molar refractivity (Wildman–Crippen MR) is 87.0 cm³/mol. The van der Waals surface area contributed by atoms with Crippen molar-refractivity contribution in [1.82, 2.24) is 4.98 Å². The molecule has 0 radical (unpaired) electrons. The Bertz CT molecular complexity index is 649. The molecule has 0 aliphatic heterocycles. The normalized spacial score (nSPS) is 10.9. The fourth-order valence-corrected chi connectivity index (χ4v) is 3.35. The van der Waals surface area contributed by atoms with Crippen molar-refractivity contribution < 1.29 is 9.90 Å². The number of carboxylic acids is 1. The van der Waals surface area contributed by atoms with E-state index in [1.165, 1.54) is 16.9 Å². The smallest absolute Gasteiger partial charge is 0.347 e. The van der Waals surface area contributed by atoms with Gasteiger partial charge in [0.15, 0.2) is 5.13 Å². The van der Waals surface area contributed by atoms with Crippen LogP contribution in [0.25, 0.3) is 0 Å². The molecule has 0 fully saturated rings. The molecule has 1 aromatic carbocycles. The first-order valence-electron chi connectivity index (χ1n) is 7.02. The van der Waals surface area contributed by atoms with Gasteiger partial charge in [-0.2, -0.15) is 0 Å². The quantitative estimate of drug-likeness (QED) is 0.887. The monoisotopic (exact) mass is 304 g/mol. The molecule has 2 rings (SSSR count). The highest BCUT2D eigenvalue weighted by Gasteiger charge is 2.22. The number of benzene rings is 1. The number of anilines is 2. The van der Waals surface area contributed by atoms with E-state index in [1.807, 2.05) is 45.9 Å². The third-order valence-electron chi connectivity index (χ3n) is 3.24. The summed E-state index contributed by atoms with van der Waals surface area (Å²) in [6.07, 6.45) is 0. The highest BCUT2D eigenvalue weighted by molar-refractivity contribution is 7.17. The highest BCUT2D eigenvalue weighted by Crippen LogP contribution is 2.34. The number of hydrogen-bond acceptors (Lipinski definition) is 4. The van der Waals surface area contributed by atoms with Crippen LogP contribution in [0.4, 0.5) is 10.8 Å². The van der Waals surface area contributed by atoms with Gasteiger partial charge < -0.3 is 10.0 Å². The zero-order valence-electron chi connectivity index (χ0n) is 12.8. The summed E-state index contributed by atoms with van der Waals surface area (Å²) in [5.74, 6) is -0.805. The highest BCUT2D eigenvalue weighted by atomic mass is 32.1. The van der Waals surface area contributed by atoms with Crippen LogP contribution < -0.4 is 4.90 Å². The van der Waals surface area contributed by atoms with E-state index in [0.29, 0.717) is 10.6 Å². The van der Waals surface area contributed by atoms with E-state index in [4.69, 9.17) is 0 Å². The molecule has 1 N–H and O–H groups in total. The second-order valence-corrected chi connectivity index (χ2v) is 6.23. The lowest BCUT2D eigenvalue weighted by molar-refractivity contribution is 0.0700. The van der Waals surface area contributed by atoms with Gasteiger partial charge in [-0.25, -0.2) is 9.78 Å². The molecule has 0 atom stereocenters. The Labute approximate surface area is 129 Å². The molecule has 2 aromatic rings. The van der Waals surface area contributed by atoms with E-state index < -0.39 is 5.97 Å². The van der Waals surface area contributed by atoms with Gasteiger partial charge in [0.1, 0.15) is 4.88 Å². The van der Waals surface area contributed by atoms with Gasteiger partial charge in [-0.05, 0) is 37.5 Å². The van der Waals surface area contributed by atoms with Crippen LogP contribution >= 0.6 is 11.3 Å². The van der Waals surface area contributed by atoms with Crippen molar-refractivity contribution in [3.63, 3.8) is 0 Å². The summed E-state index contributed by atoms with van der Waals surface area (Å²) in [4.78, 5) is 18.4. The van der Waals surface area contributed by atoms with Gasteiger partial charge in [-0.1, -0.05) is 37.3 Å². The molecule has 21 heavy (non-hydrogen) atoms. The first-order valence-corrected chi connectivity index (χ1v) is 7.83. The minimum atomic E-state index is -0.900. The van der Waals surface area contributed by atoms with Crippen molar-refractivity contribution in [2.75, 3.05) is 11.4 Å². The van der Waals surface area contributed by atoms with E-state index in [1.54, 1.807) is 0 Å². The Morgan fingerprint density at radius 2 is 2.14 bits per heavy atom. The van der Waals surface area contributed by atoms with Crippen molar-refractivity contribution in [2.24, 2.45) is 0 Å². The van der Waals surface area contributed by atoms with Crippen LogP contribution in [0.3, 0.4) is 0 Å². The maximum Gasteiger partial charge on any atom is 0.347 e. The number of carbonyl (C=O) groups is 1. The summed E-state index contributed by atoms with van der Waals surface area (Å²) in [5, 5.41) is 10.1. The molecular formula is C16H20N2O2S. The number of hydrogen-bond donors (Lipinski definition) is 1. The molecule has 0 unspecified atom stereocenters. The van der Waals surface area contributed by atoms with Crippen LogP contribution in [0, 0.1) is 6.92 Å². The molecular weight excluding hydrogens is 284 g/mol. The predicted octanol–water partition coefficient (Wildman–Crippen LogP) is 4.43. The third-order valence-corrected chi connectivity index (χ3v) is 4.33. The van der Waals surface area contributed by atoms with Crippen LogP contribution in [-0.2, 0) is 0 Å². The summed E-state index contributed by atoms with van der Waals surface area (Å²) < 4.78 is 0. The van der Waals surface area contributed by atoms with Crippen LogP contribution in [0.15, 0.2) is 24.3 Å². The molecule has 4 nitrogen and oxygen atoms in total. The molecule has 0 aliphatic carbocycles. The van der Waals surface area contributed by atoms with E-state index in [2.05, 4.69) is 16.0 Å². The van der Waals surface area contributed by atoms with Crippen LogP contribution in [-0.4, -0.2) is 22.6 Å². The Morgan fingerprint density at radius 1 is 1.43 bits per heavy atom. The van der Waals surface area contributed by atoms with Crippen molar-refractivity contribution in [1.29, 1.82) is 0 Å². The molecule has 1 aromatic heterocycles. The second kappa shape index (κ2) is 6.26. The first kappa shape index (κ1) is 15.5. The van der Waals surface area contributed by atoms with E-state index in [0.717, 1.165) is 17.4 Å². The minimum absolute atomic E-state index is 0.0947. The second-order valence-electron chi connectivity index (χ2n) is 5.25. The first-order chi connectivity index (χ1) is 9.93. The number of aromatic nitrogens is 1. The lowest BCUT2D eigenvalue weighted by Crippen LogP contribution is -2.15. The molecule has 1 heterocycles. The Balaban J connectivity index is 2.48. The Morgan fingerprint density at radius 3 is 2.62 bits per heavy atom. The maximum absolute atomic E-state index is 11.4.